The molecule has 0 aliphatic carbocycles. The molecule has 0 saturated heterocycles. The first-order chi connectivity index (χ1) is 16.2. The quantitative estimate of drug-likeness (QED) is 0.432. The number of carbonyl (C=O) groups is 1. The van der Waals surface area contributed by atoms with Gasteiger partial charge in [-0.05, 0) is 37.0 Å². The number of aromatic nitrogens is 6. The second-order valence-corrected chi connectivity index (χ2v) is 8.58. The van der Waals surface area contributed by atoms with Gasteiger partial charge in [0.05, 0.1) is 23.4 Å². The van der Waals surface area contributed by atoms with E-state index in [-0.39, 0.29) is 11.8 Å². The predicted molar refractivity (Wildman–Crippen MR) is 121 cm³/mol. The zero-order valence-electron chi connectivity index (χ0n) is 18.0. The van der Waals surface area contributed by atoms with Crippen LogP contribution in [0.5, 0.6) is 0 Å². The van der Waals surface area contributed by atoms with Gasteiger partial charge in [0.15, 0.2) is 11.3 Å². The number of anilines is 2. The van der Waals surface area contributed by atoms with Crippen LogP contribution in [0.25, 0.3) is 11.0 Å². The van der Waals surface area contributed by atoms with Crippen molar-refractivity contribution in [2.75, 3.05) is 18.0 Å². The summed E-state index contributed by atoms with van der Waals surface area (Å²) in [7, 11) is 0. The maximum Gasteiger partial charge on any atom is 0.271 e. The molecule has 3 aromatic heterocycles. The molecule has 2 aliphatic heterocycles. The fourth-order valence-electron chi connectivity index (χ4n) is 4.93. The molecule has 2 aliphatic rings. The maximum absolute atomic E-state index is 12.7. The van der Waals surface area contributed by atoms with E-state index in [1.807, 2.05) is 12.1 Å². The van der Waals surface area contributed by atoms with Crippen LogP contribution in [0.2, 0.25) is 0 Å². The van der Waals surface area contributed by atoms with Gasteiger partial charge in [0.25, 0.3) is 5.91 Å². The number of aliphatic hydroxyl groups is 1. The second-order valence-electron chi connectivity index (χ2n) is 8.58. The highest BCUT2D eigenvalue weighted by molar-refractivity contribution is 5.92. The minimum atomic E-state index is -0.544. The molecule has 2 atom stereocenters. The van der Waals surface area contributed by atoms with Crippen LogP contribution in [-0.2, 0) is 6.54 Å². The Balaban J connectivity index is 1.17. The van der Waals surface area contributed by atoms with Gasteiger partial charge in [-0.3, -0.25) is 14.6 Å². The van der Waals surface area contributed by atoms with Crippen molar-refractivity contribution in [2.45, 2.75) is 37.8 Å². The summed E-state index contributed by atoms with van der Waals surface area (Å²) in [6.45, 7) is 2.03. The molecular formula is C23H24N8O2. The lowest BCUT2D eigenvalue weighted by atomic mass is 9.98. The number of nitrogens with one attached hydrogen (secondary N) is 2. The Morgan fingerprint density at radius 2 is 2.18 bits per heavy atom. The number of rotatable bonds is 5. The largest absolute Gasteiger partial charge is 0.387 e. The molecule has 33 heavy (non-hydrogen) atoms. The summed E-state index contributed by atoms with van der Waals surface area (Å²) in [6.07, 6.45) is 5.12. The van der Waals surface area contributed by atoms with Crippen LogP contribution < -0.4 is 10.2 Å². The van der Waals surface area contributed by atoms with E-state index in [9.17, 15) is 9.90 Å². The van der Waals surface area contributed by atoms with Gasteiger partial charge in [-0.1, -0.05) is 18.2 Å². The van der Waals surface area contributed by atoms with Crippen LogP contribution in [0.4, 0.5) is 11.5 Å². The molecule has 0 spiro atoms. The average Bonchev–Trinajstić information content (AvgIpc) is 3.56. The van der Waals surface area contributed by atoms with E-state index in [0.717, 1.165) is 48.5 Å². The minimum Gasteiger partial charge on any atom is -0.387 e. The van der Waals surface area contributed by atoms with Crippen LogP contribution >= 0.6 is 0 Å². The summed E-state index contributed by atoms with van der Waals surface area (Å²) in [5.41, 5.74) is 4.15. The third kappa shape index (κ3) is 3.43. The first kappa shape index (κ1) is 19.9. The number of carbonyl (C=O) groups excluding carboxylic acids is 1. The van der Waals surface area contributed by atoms with Crippen LogP contribution in [0.15, 0.2) is 42.9 Å². The van der Waals surface area contributed by atoms with Crippen molar-refractivity contribution in [3.8, 4) is 0 Å². The summed E-state index contributed by atoms with van der Waals surface area (Å²) in [5, 5.41) is 25.4. The van der Waals surface area contributed by atoms with E-state index < -0.39 is 6.10 Å². The minimum absolute atomic E-state index is 0.205. The number of hydrogen-bond acceptors (Lipinski definition) is 7. The molecule has 2 unspecified atom stereocenters. The smallest absolute Gasteiger partial charge is 0.271 e. The fourth-order valence-corrected chi connectivity index (χ4v) is 4.93. The van der Waals surface area contributed by atoms with E-state index in [1.165, 1.54) is 5.56 Å². The highest BCUT2D eigenvalue weighted by Crippen LogP contribution is 2.42. The van der Waals surface area contributed by atoms with Crippen molar-refractivity contribution in [2.24, 2.45) is 0 Å². The molecule has 10 nitrogen and oxygen atoms in total. The standard InChI is InChI=1S/C23H24N8O2/c32-20-6-3-9-31-19(20)10-17(29-31)23(33)24-8-7-14-12-30(18-5-2-1-4-15(14)18)22-16-11-27-28-21(16)25-13-26-22/h1-2,4-5,10-11,13-14,20,32H,3,6-9,12H2,(H,24,33)(H,25,26,27,28). The number of para-hydroxylation sites is 1. The Bertz CT molecular complexity index is 1330. The number of hydrogen-bond donors (Lipinski definition) is 3. The Morgan fingerprint density at radius 3 is 3.09 bits per heavy atom. The Hall–Kier alpha value is -3.79. The highest BCUT2D eigenvalue weighted by Gasteiger charge is 2.31. The summed E-state index contributed by atoms with van der Waals surface area (Å²) >= 11 is 0. The number of amides is 1. The highest BCUT2D eigenvalue weighted by atomic mass is 16.3. The number of aromatic amines is 1. The molecule has 4 aromatic rings. The monoisotopic (exact) mass is 444 g/mol. The number of H-pyrrole nitrogens is 1. The van der Waals surface area contributed by atoms with Crippen molar-refractivity contribution in [1.82, 2.24) is 35.3 Å². The third-order valence-electron chi connectivity index (χ3n) is 6.56. The Kier molecular flexibility index (Phi) is 4.79. The van der Waals surface area contributed by atoms with E-state index in [1.54, 1.807) is 23.3 Å². The number of aryl methyl sites for hydroxylation is 1. The second kappa shape index (κ2) is 7.96. The molecular weight excluding hydrogens is 420 g/mol. The molecule has 10 heteroatoms. The van der Waals surface area contributed by atoms with Crippen LogP contribution in [0.1, 0.15) is 53.0 Å². The molecule has 0 radical (unpaired) electrons. The van der Waals surface area contributed by atoms with Crippen LogP contribution in [0, 0.1) is 0 Å². The topological polar surface area (TPSA) is 125 Å². The van der Waals surface area contributed by atoms with Gasteiger partial charge in [0, 0.05) is 31.2 Å². The molecule has 0 saturated carbocycles. The normalized spacial score (nSPS) is 19.5. The predicted octanol–water partition coefficient (Wildman–Crippen LogP) is 2.43. The zero-order chi connectivity index (χ0) is 22.4. The molecule has 0 bridgehead atoms. The van der Waals surface area contributed by atoms with Gasteiger partial charge >= 0.3 is 0 Å². The maximum atomic E-state index is 12.7. The zero-order valence-corrected chi connectivity index (χ0v) is 18.0. The summed E-state index contributed by atoms with van der Waals surface area (Å²) in [4.78, 5) is 23.7. The van der Waals surface area contributed by atoms with Gasteiger partial charge in [-0.25, -0.2) is 9.97 Å². The lowest BCUT2D eigenvalue weighted by Crippen LogP contribution is -2.27. The lowest BCUT2D eigenvalue weighted by Gasteiger charge is -2.19. The molecule has 0 fully saturated rings. The van der Waals surface area contributed by atoms with Crippen molar-refractivity contribution in [3.63, 3.8) is 0 Å². The van der Waals surface area contributed by atoms with Crippen molar-refractivity contribution >= 4 is 28.4 Å². The van der Waals surface area contributed by atoms with Gasteiger partial charge < -0.3 is 15.3 Å². The van der Waals surface area contributed by atoms with E-state index >= 15 is 0 Å². The molecule has 168 valence electrons. The molecule has 1 amide bonds. The Labute approximate surface area is 189 Å². The van der Waals surface area contributed by atoms with Crippen LogP contribution in [-0.4, -0.2) is 54.0 Å². The van der Waals surface area contributed by atoms with Crippen LogP contribution in [0.3, 0.4) is 0 Å². The van der Waals surface area contributed by atoms with Gasteiger partial charge in [0.2, 0.25) is 0 Å². The first-order valence-electron chi connectivity index (χ1n) is 11.2. The van der Waals surface area contributed by atoms with Crippen molar-refractivity contribution < 1.29 is 9.90 Å². The van der Waals surface area contributed by atoms with Gasteiger partial charge in [0.1, 0.15) is 12.1 Å². The fraction of sp³-hybridized carbons (Fsp3) is 0.348. The van der Waals surface area contributed by atoms with E-state index in [2.05, 4.69) is 47.6 Å². The van der Waals surface area contributed by atoms with E-state index in [4.69, 9.17) is 0 Å². The third-order valence-corrected chi connectivity index (χ3v) is 6.56. The Morgan fingerprint density at radius 1 is 1.27 bits per heavy atom. The van der Waals surface area contributed by atoms with Crippen molar-refractivity contribution in [1.29, 1.82) is 0 Å². The average molecular weight is 444 g/mol. The van der Waals surface area contributed by atoms with E-state index in [0.29, 0.717) is 24.3 Å². The summed E-state index contributed by atoms with van der Waals surface area (Å²) in [5.74, 6) is 0.869. The molecule has 5 heterocycles. The lowest BCUT2D eigenvalue weighted by molar-refractivity contribution is 0.0946. The van der Waals surface area contributed by atoms with Gasteiger partial charge in [-0.2, -0.15) is 10.2 Å². The molecule has 1 aromatic carbocycles. The summed E-state index contributed by atoms with van der Waals surface area (Å²) < 4.78 is 1.74. The molecule has 3 N–H and O–H groups in total. The SMILES string of the molecule is O=C(NCCC1CN(c2ncnc3[nH]ncc23)c2ccccc21)c1cc2n(n1)CCCC2O. The number of nitrogens with zero attached hydrogens (tertiary/aromatic N) is 6. The number of fused-ring (bicyclic) bond motifs is 3. The van der Waals surface area contributed by atoms with Gasteiger partial charge in [-0.15, -0.1) is 0 Å². The number of aliphatic hydroxyl groups excluding tert-OH is 1. The van der Waals surface area contributed by atoms with Crippen molar-refractivity contribution in [3.05, 3.63) is 59.8 Å². The molecule has 6 rings (SSSR count). The first-order valence-corrected chi connectivity index (χ1v) is 11.2. The summed E-state index contributed by atoms with van der Waals surface area (Å²) in [6, 6.07) is 10.0. The number of benzene rings is 1.